The lowest BCUT2D eigenvalue weighted by molar-refractivity contribution is 0.149. The Hall–Kier alpha value is -2.96. The third-order valence-corrected chi connectivity index (χ3v) is 4.92. The Kier molecular flexibility index (Phi) is 4.51. The molecule has 2 heterocycles. The molecule has 27 heavy (non-hydrogen) atoms. The monoisotopic (exact) mass is 366 g/mol. The second-order valence-electron chi connectivity index (χ2n) is 6.62. The zero-order valence-electron chi connectivity index (χ0n) is 14.5. The lowest BCUT2D eigenvalue weighted by Crippen LogP contribution is -2.11. The number of nitrogens with zero attached hydrogens (tertiary/aromatic N) is 2. The van der Waals surface area contributed by atoms with Gasteiger partial charge in [0.25, 0.3) is 0 Å². The quantitative estimate of drug-likeness (QED) is 0.603. The standard InChI is InChI=1S/C21H19FN2O3/c22-18-6-5-13(7-14(26)11-25)8-17(18)21(27)9-19-15-3-1-2-4-16(15)20-10-23-12-24(19)20/h1-8,10,12,19,21,25-27H,9,11H2/b14-7-/t19-,21+/m1/s1. The first-order chi connectivity index (χ1) is 13.1. The maximum absolute atomic E-state index is 14.3. The first kappa shape index (κ1) is 17.5. The first-order valence-corrected chi connectivity index (χ1v) is 8.67. The molecule has 0 fully saturated rings. The van der Waals surface area contributed by atoms with Gasteiger partial charge in [0.1, 0.15) is 18.2 Å². The molecule has 2 aromatic carbocycles. The van der Waals surface area contributed by atoms with E-state index in [-0.39, 0.29) is 23.8 Å². The molecule has 0 radical (unpaired) electrons. The van der Waals surface area contributed by atoms with Crippen LogP contribution in [0.1, 0.15) is 35.3 Å². The van der Waals surface area contributed by atoms with Crippen molar-refractivity contribution in [3.8, 4) is 11.3 Å². The van der Waals surface area contributed by atoms with Crippen LogP contribution in [-0.2, 0) is 0 Å². The number of imidazole rings is 1. The number of fused-ring (bicyclic) bond motifs is 3. The topological polar surface area (TPSA) is 78.5 Å². The molecule has 1 aliphatic rings. The Labute approximate surface area is 155 Å². The predicted molar refractivity (Wildman–Crippen MR) is 99.5 cm³/mol. The van der Waals surface area contributed by atoms with Gasteiger partial charge in [-0.2, -0.15) is 0 Å². The Bertz CT molecular complexity index is 1010. The van der Waals surface area contributed by atoms with Gasteiger partial charge < -0.3 is 19.9 Å². The third-order valence-electron chi connectivity index (χ3n) is 4.92. The van der Waals surface area contributed by atoms with Crippen LogP contribution in [0.5, 0.6) is 0 Å². The second kappa shape index (κ2) is 6.98. The number of hydrogen-bond acceptors (Lipinski definition) is 4. The van der Waals surface area contributed by atoms with Gasteiger partial charge in [-0.15, -0.1) is 0 Å². The SMILES string of the molecule is OC/C(O)=C/c1ccc(F)c([C@@H](O)C[C@@H]2c3ccccc3-c3cncn32)c1. The van der Waals surface area contributed by atoms with Gasteiger partial charge in [-0.05, 0) is 29.3 Å². The molecule has 0 unspecified atom stereocenters. The second-order valence-corrected chi connectivity index (χ2v) is 6.62. The van der Waals surface area contributed by atoms with Crippen LogP contribution in [0.4, 0.5) is 4.39 Å². The molecule has 0 saturated carbocycles. The van der Waals surface area contributed by atoms with Crippen molar-refractivity contribution in [2.75, 3.05) is 6.61 Å². The highest BCUT2D eigenvalue weighted by molar-refractivity contribution is 5.69. The van der Waals surface area contributed by atoms with Gasteiger partial charge in [0, 0.05) is 17.5 Å². The van der Waals surface area contributed by atoms with E-state index in [9.17, 15) is 14.6 Å². The lowest BCUT2D eigenvalue weighted by atomic mass is 9.94. The van der Waals surface area contributed by atoms with Crippen molar-refractivity contribution in [1.29, 1.82) is 0 Å². The van der Waals surface area contributed by atoms with Gasteiger partial charge in [-0.3, -0.25) is 0 Å². The fourth-order valence-corrected chi connectivity index (χ4v) is 3.66. The summed E-state index contributed by atoms with van der Waals surface area (Å²) in [4.78, 5) is 4.19. The third kappa shape index (κ3) is 3.13. The van der Waals surface area contributed by atoms with Crippen LogP contribution in [0.25, 0.3) is 17.3 Å². The van der Waals surface area contributed by atoms with Crippen LogP contribution in [-0.4, -0.2) is 31.5 Å². The van der Waals surface area contributed by atoms with E-state index in [0.29, 0.717) is 5.56 Å². The van der Waals surface area contributed by atoms with E-state index in [2.05, 4.69) is 4.98 Å². The molecule has 3 N–H and O–H groups in total. The van der Waals surface area contributed by atoms with Crippen molar-refractivity contribution < 1.29 is 19.7 Å². The van der Waals surface area contributed by atoms with Crippen LogP contribution in [0.3, 0.4) is 0 Å². The summed E-state index contributed by atoms with van der Waals surface area (Å²) in [5.74, 6) is -0.741. The van der Waals surface area contributed by atoms with E-state index < -0.39 is 18.5 Å². The minimum absolute atomic E-state index is 0.141. The van der Waals surface area contributed by atoms with Crippen molar-refractivity contribution >= 4 is 6.08 Å². The summed E-state index contributed by atoms with van der Waals surface area (Å²) in [7, 11) is 0. The smallest absolute Gasteiger partial charge is 0.129 e. The predicted octanol–water partition coefficient (Wildman–Crippen LogP) is 3.61. The molecule has 1 aliphatic heterocycles. The molecule has 2 atom stereocenters. The van der Waals surface area contributed by atoms with Crippen molar-refractivity contribution in [3.63, 3.8) is 0 Å². The molecule has 0 bridgehead atoms. The molecule has 6 heteroatoms. The number of aromatic nitrogens is 2. The van der Waals surface area contributed by atoms with E-state index in [1.54, 1.807) is 12.5 Å². The molecular weight excluding hydrogens is 347 g/mol. The number of hydrogen-bond donors (Lipinski definition) is 3. The zero-order chi connectivity index (χ0) is 19.0. The van der Waals surface area contributed by atoms with E-state index in [1.165, 1.54) is 24.3 Å². The molecule has 5 nitrogen and oxygen atoms in total. The van der Waals surface area contributed by atoms with Crippen LogP contribution in [0.2, 0.25) is 0 Å². The summed E-state index contributed by atoms with van der Waals surface area (Å²) in [5.41, 5.74) is 3.78. The Morgan fingerprint density at radius 1 is 1.26 bits per heavy atom. The summed E-state index contributed by atoms with van der Waals surface area (Å²) in [6, 6.07) is 12.0. The van der Waals surface area contributed by atoms with Crippen molar-refractivity contribution in [2.45, 2.75) is 18.6 Å². The number of halogens is 1. The highest BCUT2D eigenvalue weighted by atomic mass is 19.1. The number of benzene rings is 2. The molecule has 3 aromatic rings. The van der Waals surface area contributed by atoms with Crippen LogP contribution in [0.15, 0.2) is 60.7 Å². The van der Waals surface area contributed by atoms with Crippen LogP contribution < -0.4 is 0 Å². The molecule has 0 aliphatic carbocycles. The average molecular weight is 366 g/mol. The van der Waals surface area contributed by atoms with Crippen molar-refractivity contribution in [3.05, 3.63) is 83.3 Å². The normalized spacial score (nSPS) is 16.9. The van der Waals surface area contributed by atoms with E-state index in [4.69, 9.17) is 5.11 Å². The Morgan fingerprint density at radius 2 is 2.07 bits per heavy atom. The fourth-order valence-electron chi connectivity index (χ4n) is 3.66. The summed E-state index contributed by atoms with van der Waals surface area (Å²) < 4.78 is 16.3. The van der Waals surface area contributed by atoms with Gasteiger partial charge in [-0.25, -0.2) is 9.37 Å². The first-order valence-electron chi connectivity index (χ1n) is 8.67. The molecule has 0 spiro atoms. The summed E-state index contributed by atoms with van der Waals surface area (Å²) >= 11 is 0. The van der Waals surface area contributed by atoms with E-state index in [0.717, 1.165) is 16.8 Å². The summed E-state index contributed by atoms with van der Waals surface area (Å²) in [5, 5.41) is 29.2. The maximum atomic E-state index is 14.3. The average Bonchev–Trinajstić information content (AvgIpc) is 3.26. The number of aliphatic hydroxyl groups excluding tert-OH is 3. The van der Waals surface area contributed by atoms with Gasteiger partial charge in [0.05, 0.1) is 30.4 Å². The largest absolute Gasteiger partial charge is 0.510 e. The summed E-state index contributed by atoms with van der Waals surface area (Å²) in [6.07, 6.45) is 4.10. The Morgan fingerprint density at radius 3 is 2.89 bits per heavy atom. The highest BCUT2D eigenvalue weighted by Gasteiger charge is 2.30. The van der Waals surface area contributed by atoms with Crippen LogP contribution in [0, 0.1) is 5.82 Å². The zero-order valence-corrected chi connectivity index (χ0v) is 14.5. The van der Waals surface area contributed by atoms with E-state index >= 15 is 0 Å². The van der Waals surface area contributed by atoms with Crippen LogP contribution >= 0.6 is 0 Å². The number of aliphatic hydroxyl groups is 3. The van der Waals surface area contributed by atoms with Gasteiger partial charge in [-0.1, -0.05) is 30.3 Å². The molecule has 0 saturated heterocycles. The highest BCUT2D eigenvalue weighted by Crippen LogP contribution is 2.43. The number of rotatable bonds is 5. The minimum Gasteiger partial charge on any atom is -0.510 e. The molecule has 4 rings (SSSR count). The maximum Gasteiger partial charge on any atom is 0.129 e. The van der Waals surface area contributed by atoms with Gasteiger partial charge >= 0.3 is 0 Å². The molecule has 138 valence electrons. The summed E-state index contributed by atoms with van der Waals surface area (Å²) in [6.45, 7) is -0.502. The van der Waals surface area contributed by atoms with Crippen molar-refractivity contribution in [1.82, 2.24) is 9.55 Å². The van der Waals surface area contributed by atoms with Gasteiger partial charge in [0.15, 0.2) is 0 Å². The van der Waals surface area contributed by atoms with Gasteiger partial charge in [0.2, 0.25) is 0 Å². The fraction of sp³-hybridized carbons (Fsp3) is 0.190. The lowest BCUT2D eigenvalue weighted by Gasteiger charge is -2.20. The minimum atomic E-state index is -1.04. The molecular formula is C21H19FN2O3. The van der Waals surface area contributed by atoms with Crippen molar-refractivity contribution in [2.24, 2.45) is 0 Å². The molecule has 0 amide bonds. The van der Waals surface area contributed by atoms with E-state index in [1.807, 2.05) is 28.8 Å². The Balaban J connectivity index is 1.66. The molecule has 1 aromatic heterocycles.